The van der Waals surface area contributed by atoms with Crippen LogP contribution in [0.4, 0.5) is 10.5 Å². The van der Waals surface area contributed by atoms with Gasteiger partial charge in [0.2, 0.25) is 7.37 Å². The summed E-state index contributed by atoms with van der Waals surface area (Å²) in [4.78, 5) is 28.7. The first-order valence-electron chi connectivity index (χ1n) is 14.0. The Kier molecular flexibility index (Phi) is 11.1. The van der Waals surface area contributed by atoms with Gasteiger partial charge in [-0.05, 0) is 30.3 Å². The summed E-state index contributed by atoms with van der Waals surface area (Å²) >= 11 is 5.89. The van der Waals surface area contributed by atoms with E-state index < -0.39 is 38.4 Å². The Hall–Kier alpha value is -4.07. The van der Waals surface area contributed by atoms with Crippen molar-refractivity contribution in [2.24, 2.45) is 5.73 Å². The largest absolute Gasteiger partial charge is 0.508 e. The molecule has 0 aliphatic rings. The molecule has 10 nitrogen and oxygen atoms in total. The number of alkyl halides is 1. The molecule has 45 heavy (non-hydrogen) atoms. The zero-order valence-electron chi connectivity index (χ0n) is 24.8. The second-order valence-electron chi connectivity index (χ2n) is 10.3. The Morgan fingerprint density at radius 1 is 0.844 bits per heavy atom. The highest BCUT2D eigenvalue weighted by Crippen LogP contribution is 2.60. The second kappa shape index (κ2) is 14.8. The number of phenolic OH excluding ortho intramolecular Hbond substituents is 1. The first kappa shape index (κ1) is 33.8. The van der Waals surface area contributed by atoms with E-state index in [1.165, 1.54) is 12.1 Å². The van der Waals surface area contributed by atoms with Crippen molar-refractivity contribution in [2.75, 3.05) is 37.6 Å². The molecule has 0 aromatic heterocycles. The summed E-state index contributed by atoms with van der Waals surface area (Å²) in [5.74, 6) is -2.70. The molecule has 4 rings (SSSR count). The highest BCUT2D eigenvalue weighted by atomic mass is 35.5. The molecule has 4 aromatic rings. The maximum Gasteiger partial charge on any atom is 0.331 e. The summed E-state index contributed by atoms with van der Waals surface area (Å²) < 4.78 is 35.9. The van der Waals surface area contributed by atoms with Gasteiger partial charge in [-0.1, -0.05) is 78.9 Å². The van der Waals surface area contributed by atoms with Crippen LogP contribution in [0.25, 0.3) is 0 Å². The van der Waals surface area contributed by atoms with Gasteiger partial charge in [0, 0.05) is 47.1 Å². The summed E-state index contributed by atoms with van der Waals surface area (Å²) in [7, 11) is -4.27. The standard InChI is InChI=1S/C32H35ClN4O6P2/c1-36(2)24-17-19-25(20-18-24)44(41,43-22-21-33)23-30(39)37(35-32(34)40)31(28-15-9-10-16-29(28)38)45(42,26-11-5-3-6-12-26)27-13-7-4-8-14-27/h3-20,31,38H,21-23H2,1-2H3,(H3,34,35,40). The number of hydrazine groups is 1. The lowest BCUT2D eigenvalue weighted by atomic mass is 10.2. The molecule has 0 aliphatic carbocycles. The number of hydrogen-bond acceptors (Lipinski definition) is 7. The molecule has 0 radical (unpaired) electrons. The molecule has 236 valence electrons. The molecule has 0 spiro atoms. The first-order chi connectivity index (χ1) is 21.5. The summed E-state index contributed by atoms with van der Waals surface area (Å²) in [5, 5.41) is 12.8. The molecule has 2 unspecified atom stereocenters. The van der Waals surface area contributed by atoms with E-state index >= 15 is 4.57 Å². The van der Waals surface area contributed by atoms with Crippen LogP contribution in [0.2, 0.25) is 0 Å². The molecular formula is C32H35ClN4O6P2. The second-order valence-corrected chi connectivity index (χ2v) is 15.9. The predicted molar refractivity (Wildman–Crippen MR) is 180 cm³/mol. The minimum atomic E-state index is -4.01. The van der Waals surface area contributed by atoms with Gasteiger partial charge in [0.05, 0.1) is 6.61 Å². The molecule has 0 saturated carbocycles. The zero-order chi connectivity index (χ0) is 32.6. The Morgan fingerprint density at radius 3 is 1.87 bits per heavy atom. The van der Waals surface area contributed by atoms with E-state index in [-0.39, 0.29) is 29.1 Å². The normalized spacial score (nSPS) is 13.3. The molecular weight excluding hydrogens is 634 g/mol. The number of aromatic hydroxyl groups is 1. The van der Waals surface area contributed by atoms with Crippen molar-refractivity contribution in [1.82, 2.24) is 10.4 Å². The van der Waals surface area contributed by atoms with Gasteiger partial charge >= 0.3 is 6.03 Å². The maximum absolute atomic E-state index is 15.7. The molecule has 0 fully saturated rings. The number of primary amides is 1. The number of hydrogen-bond donors (Lipinski definition) is 3. The van der Waals surface area contributed by atoms with Crippen molar-refractivity contribution >= 4 is 59.7 Å². The summed E-state index contributed by atoms with van der Waals surface area (Å²) in [5.41, 5.74) is 8.82. The molecule has 0 heterocycles. The lowest BCUT2D eigenvalue weighted by Gasteiger charge is -2.38. The predicted octanol–water partition coefficient (Wildman–Crippen LogP) is 4.74. The maximum atomic E-state index is 15.7. The van der Waals surface area contributed by atoms with E-state index in [4.69, 9.17) is 21.9 Å². The Morgan fingerprint density at radius 2 is 1.38 bits per heavy atom. The van der Waals surface area contributed by atoms with Crippen LogP contribution in [0.3, 0.4) is 0 Å². The Balaban J connectivity index is 1.93. The average molecular weight is 669 g/mol. The van der Waals surface area contributed by atoms with E-state index in [0.29, 0.717) is 10.6 Å². The van der Waals surface area contributed by atoms with Crippen molar-refractivity contribution < 1.29 is 28.3 Å². The van der Waals surface area contributed by atoms with Crippen LogP contribution in [0, 0.1) is 0 Å². The third kappa shape index (κ3) is 7.60. The number of para-hydroxylation sites is 1. The van der Waals surface area contributed by atoms with Gasteiger partial charge in [-0.2, -0.15) is 0 Å². The summed E-state index contributed by atoms with van der Waals surface area (Å²) in [6.45, 7) is -0.125. The van der Waals surface area contributed by atoms with Crippen molar-refractivity contribution in [3.05, 3.63) is 115 Å². The molecule has 4 aromatic carbocycles. The number of anilines is 1. The lowest BCUT2D eigenvalue weighted by molar-refractivity contribution is -0.131. The quantitative estimate of drug-likeness (QED) is 0.112. The van der Waals surface area contributed by atoms with E-state index in [2.05, 4.69) is 5.43 Å². The highest BCUT2D eigenvalue weighted by Gasteiger charge is 2.46. The fourth-order valence-electron chi connectivity index (χ4n) is 4.94. The van der Waals surface area contributed by atoms with Crippen molar-refractivity contribution in [1.29, 1.82) is 0 Å². The van der Waals surface area contributed by atoms with E-state index in [1.807, 2.05) is 19.0 Å². The number of carbonyl (C=O) groups is 2. The van der Waals surface area contributed by atoms with Gasteiger partial charge in [-0.15, -0.1) is 11.6 Å². The average Bonchev–Trinajstić information content (AvgIpc) is 3.04. The third-order valence-corrected chi connectivity index (χ3v) is 12.9. The summed E-state index contributed by atoms with van der Waals surface area (Å²) in [6, 6.07) is 28.5. The van der Waals surface area contributed by atoms with Crippen LogP contribution in [0.1, 0.15) is 11.3 Å². The van der Waals surface area contributed by atoms with Crippen molar-refractivity contribution in [3.63, 3.8) is 0 Å². The molecule has 0 bridgehead atoms. The van der Waals surface area contributed by atoms with Gasteiger partial charge < -0.3 is 24.8 Å². The van der Waals surface area contributed by atoms with E-state index in [0.717, 1.165) is 10.7 Å². The van der Waals surface area contributed by atoms with Crippen LogP contribution in [-0.2, 0) is 18.4 Å². The number of rotatable bonds is 12. The molecule has 0 aliphatic heterocycles. The van der Waals surface area contributed by atoms with Crippen LogP contribution < -0.4 is 32.0 Å². The molecule has 4 N–H and O–H groups in total. The first-order valence-corrected chi connectivity index (χ1v) is 18.1. The zero-order valence-corrected chi connectivity index (χ0v) is 27.4. The van der Waals surface area contributed by atoms with E-state index in [9.17, 15) is 19.3 Å². The molecule has 3 amide bonds. The number of halogens is 1. The smallest absolute Gasteiger partial charge is 0.331 e. The highest BCUT2D eigenvalue weighted by molar-refractivity contribution is 7.79. The van der Waals surface area contributed by atoms with Gasteiger partial charge in [-0.3, -0.25) is 9.36 Å². The fourth-order valence-corrected chi connectivity index (χ4v) is 10.3. The Labute approximate surface area is 267 Å². The minimum absolute atomic E-state index is 0.00887. The van der Waals surface area contributed by atoms with Crippen molar-refractivity contribution in [3.8, 4) is 5.75 Å². The lowest BCUT2D eigenvalue weighted by Crippen LogP contribution is -2.52. The third-order valence-electron chi connectivity index (χ3n) is 7.06. The number of phenols is 1. The Bertz CT molecular complexity index is 1660. The SMILES string of the molecule is CN(C)c1ccc(P(=O)(CC(=O)N(NC(N)=O)C(c2ccccc2O)P(=O)(c2ccccc2)c2ccccc2)OCCCl)cc1. The van der Waals surface area contributed by atoms with Gasteiger partial charge in [0.1, 0.15) is 17.7 Å². The monoisotopic (exact) mass is 668 g/mol. The number of amides is 3. The van der Waals surface area contributed by atoms with E-state index in [1.54, 1.807) is 97.1 Å². The molecule has 13 heteroatoms. The van der Waals surface area contributed by atoms with Gasteiger partial charge in [0.15, 0.2) is 7.14 Å². The minimum Gasteiger partial charge on any atom is -0.508 e. The topological polar surface area (TPSA) is 142 Å². The van der Waals surface area contributed by atoms with Crippen LogP contribution in [0.15, 0.2) is 109 Å². The van der Waals surface area contributed by atoms with Crippen LogP contribution in [0.5, 0.6) is 5.75 Å². The number of nitrogens with two attached hydrogens (primary N) is 1. The molecule has 0 saturated heterocycles. The molecule has 2 atom stereocenters. The number of carbonyl (C=O) groups excluding carboxylic acids is 2. The van der Waals surface area contributed by atoms with Crippen LogP contribution in [-0.4, -0.2) is 54.8 Å². The van der Waals surface area contributed by atoms with Crippen molar-refractivity contribution in [2.45, 2.75) is 5.78 Å². The van der Waals surface area contributed by atoms with Gasteiger partial charge in [0.25, 0.3) is 5.91 Å². The number of benzene rings is 4. The fraction of sp³-hybridized carbons (Fsp3) is 0.188. The van der Waals surface area contributed by atoms with Gasteiger partial charge in [-0.25, -0.2) is 15.2 Å². The number of nitrogens with zero attached hydrogens (tertiary/aromatic N) is 2. The number of urea groups is 1. The number of nitrogens with one attached hydrogen (secondary N) is 1. The summed E-state index contributed by atoms with van der Waals surface area (Å²) in [6.07, 6.45) is -0.737. The van der Waals surface area contributed by atoms with Crippen LogP contribution >= 0.6 is 26.1 Å².